The molecule has 0 aliphatic heterocycles. The first kappa shape index (κ1) is 17.3. The molecular weight excluding hydrogens is 208 g/mol. The van der Waals surface area contributed by atoms with Crippen LogP contribution in [0.2, 0.25) is 0 Å². The second kappa shape index (κ2) is 12.0. The Balaban J connectivity index is 0. The van der Waals surface area contributed by atoms with Crippen LogP contribution in [0.25, 0.3) is 0 Å². The Morgan fingerprint density at radius 3 is 2.12 bits per heavy atom. The van der Waals surface area contributed by atoms with Gasteiger partial charge in [0, 0.05) is 13.3 Å². The average molecular weight is 232 g/mol. The summed E-state index contributed by atoms with van der Waals surface area (Å²) in [7, 11) is 0. The fourth-order valence-electron chi connectivity index (χ4n) is 0.766. The molecule has 0 radical (unpaired) electrons. The zero-order valence-electron chi connectivity index (χ0n) is 10.8. The lowest BCUT2D eigenvalue weighted by Crippen LogP contribution is -2.02. The molecule has 0 heterocycles. The van der Waals surface area contributed by atoms with Gasteiger partial charge in [0.25, 0.3) is 0 Å². The third-order valence-corrected chi connectivity index (χ3v) is 1.74. The van der Waals surface area contributed by atoms with Gasteiger partial charge in [-0.2, -0.15) is 0 Å². The van der Waals surface area contributed by atoms with E-state index in [4.69, 9.17) is 9.84 Å². The molecule has 1 N–H and O–H groups in total. The summed E-state index contributed by atoms with van der Waals surface area (Å²) >= 11 is 0. The first-order valence-corrected chi connectivity index (χ1v) is 5.75. The van der Waals surface area contributed by atoms with Crippen molar-refractivity contribution in [3.05, 3.63) is 0 Å². The van der Waals surface area contributed by atoms with Crippen molar-refractivity contribution in [2.75, 3.05) is 6.61 Å². The molecule has 96 valence electrons. The summed E-state index contributed by atoms with van der Waals surface area (Å²) in [6.45, 7) is 8.17. The molecule has 0 aliphatic rings. The van der Waals surface area contributed by atoms with Crippen molar-refractivity contribution in [1.29, 1.82) is 0 Å². The van der Waals surface area contributed by atoms with Crippen LogP contribution in [0, 0.1) is 5.92 Å². The molecule has 4 heteroatoms. The number of ether oxygens (including phenoxy) is 1. The molecule has 0 unspecified atom stereocenters. The maximum Gasteiger partial charge on any atom is 0.303 e. The molecule has 0 rings (SSSR count). The highest BCUT2D eigenvalue weighted by Gasteiger charge is 1.95. The molecule has 0 amide bonds. The topological polar surface area (TPSA) is 63.6 Å². The molecule has 0 bridgehead atoms. The van der Waals surface area contributed by atoms with E-state index in [1.165, 1.54) is 6.92 Å². The van der Waals surface area contributed by atoms with Crippen LogP contribution in [-0.4, -0.2) is 23.7 Å². The minimum Gasteiger partial charge on any atom is -0.481 e. The zero-order chi connectivity index (χ0) is 13.0. The van der Waals surface area contributed by atoms with Gasteiger partial charge >= 0.3 is 11.9 Å². The second-order valence-corrected chi connectivity index (χ2v) is 4.02. The van der Waals surface area contributed by atoms with Gasteiger partial charge in [0.1, 0.15) is 0 Å². The molecule has 0 fully saturated rings. The fourth-order valence-corrected chi connectivity index (χ4v) is 0.766. The van der Waals surface area contributed by atoms with E-state index in [2.05, 4.69) is 13.8 Å². The van der Waals surface area contributed by atoms with E-state index in [0.29, 0.717) is 18.9 Å². The van der Waals surface area contributed by atoms with Gasteiger partial charge < -0.3 is 9.84 Å². The highest BCUT2D eigenvalue weighted by atomic mass is 16.5. The van der Waals surface area contributed by atoms with Crippen molar-refractivity contribution < 1.29 is 19.4 Å². The number of hydrogen-bond acceptors (Lipinski definition) is 3. The van der Waals surface area contributed by atoms with Crippen molar-refractivity contribution in [1.82, 2.24) is 0 Å². The Labute approximate surface area is 98.0 Å². The van der Waals surface area contributed by atoms with Gasteiger partial charge in [-0.25, -0.2) is 0 Å². The summed E-state index contributed by atoms with van der Waals surface area (Å²) in [4.78, 5) is 20.0. The smallest absolute Gasteiger partial charge is 0.303 e. The molecule has 16 heavy (non-hydrogen) atoms. The molecule has 0 aromatic carbocycles. The number of carbonyl (C=O) groups is 2. The monoisotopic (exact) mass is 232 g/mol. The minimum atomic E-state index is -0.693. The number of aliphatic carboxylic acids is 1. The van der Waals surface area contributed by atoms with Crippen LogP contribution in [0.5, 0.6) is 0 Å². The maximum absolute atomic E-state index is 10.2. The lowest BCUT2D eigenvalue weighted by molar-refractivity contribution is -0.141. The molecule has 0 aromatic rings. The van der Waals surface area contributed by atoms with Crippen LogP contribution in [0.3, 0.4) is 0 Å². The van der Waals surface area contributed by atoms with Gasteiger partial charge in [0.05, 0.1) is 6.61 Å². The van der Waals surface area contributed by atoms with Gasteiger partial charge in [0.15, 0.2) is 0 Å². The van der Waals surface area contributed by atoms with Crippen molar-refractivity contribution in [2.45, 2.75) is 53.4 Å². The van der Waals surface area contributed by atoms with Crippen molar-refractivity contribution in [2.24, 2.45) is 5.92 Å². The quantitative estimate of drug-likeness (QED) is 0.715. The fraction of sp³-hybridized carbons (Fsp3) is 0.833. The highest BCUT2D eigenvalue weighted by Crippen LogP contribution is 1.98. The predicted octanol–water partition coefficient (Wildman–Crippen LogP) is 2.86. The third kappa shape index (κ3) is 23.1. The number of esters is 1. The maximum atomic E-state index is 10.2. The molecule has 0 aliphatic carbocycles. The summed E-state index contributed by atoms with van der Waals surface area (Å²) < 4.78 is 4.71. The van der Waals surface area contributed by atoms with Crippen molar-refractivity contribution >= 4 is 11.9 Å². The number of carboxylic acids is 1. The lowest BCUT2D eigenvalue weighted by atomic mass is 10.1. The Morgan fingerprint density at radius 1 is 1.31 bits per heavy atom. The van der Waals surface area contributed by atoms with E-state index in [9.17, 15) is 9.59 Å². The summed E-state index contributed by atoms with van der Waals surface area (Å²) in [6, 6.07) is 0. The number of unbranched alkanes of at least 4 members (excludes halogenated alkanes) is 1. The molecular formula is C12H24O4. The largest absolute Gasteiger partial charge is 0.481 e. The Kier molecular flexibility index (Phi) is 13.0. The molecule has 4 nitrogen and oxygen atoms in total. The third-order valence-electron chi connectivity index (χ3n) is 1.74. The highest BCUT2D eigenvalue weighted by molar-refractivity contribution is 5.66. The van der Waals surface area contributed by atoms with Crippen LogP contribution < -0.4 is 0 Å². The number of carboxylic acid groups (broad SMARTS) is 1. The SMILES string of the molecule is CC(=O)OCCC(C)C.CCCCC(=O)O. The van der Waals surface area contributed by atoms with Crippen LogP contribution in [0.15, 0.2) is 0 Å². The van der Waals surface area contributed by atoms with E-state index >= 15 is 0 Å². The van der Waals surface area contributed by atoms with Gasteiger partial charge in [-0.3, -0.25) is 9.59 Å². The Hall–Kier alpha value is -1.06. The molecule has 0 saturated heterocycles. The number of carbonyl (C=O) groups excluding carboxylic acids is 1. The van der Waals surface area contributed by atoms with E-state index in [1.54, 1.807) is 0 Å². The van der Waals surface area contributed by atoms with E-state index in [0.717, 1.165) is 19.3 Å². The molecule has 0 saturated carbocycles. The van der Waals surface area contributed by atoms with Crippen molar-refractivity contribution in [3.8, 4) is 0 Å². The van der Waals surface area contributed by atoms with Crippen LogP contribution in [0.4, 0.5) is 0 Å². The second-order valence-electron chi connectivity index (χ2n) is 4.02. The summed E-state index contributed by atoms with van der Waals surface area (Å²) in [5, 5.41) is 8.04. The van der Waals surface area contributed by atoms with Gasteiger partial charge in [-0.1, -0.05) is 27.2 Å². The minimum absolute atomic E-state index is 0.185. The summed E-state index contributed by atoms with van der Waals surface area (Å²) in [6.07, 6.45) is 3.04. The van der Waals surface area contributed by atoms with Gasteiger partial charge in [-0.05, 0) is 18.8 Å². The molecule has 0 spiro atoms. The van der Waals surface area contributed by atoms with Gasteiger partial charge in [0.2, 0.25) is 0 Å². The van der Waals surface area contributed by atoms with Gasteiger partial charge in [-0.15, -0.1) is 0 Å². The number of hydrogen-bond donors (Lipinski definition) is 1. The first-order chi connectivity index (χ1) is 7.40. The summed E-state index contributed by atoms with van der Waals surface area (Å²) in [5.74, 6) is -0.262. The summed E-state index contributed by atoms with van der Waals surface area (Å²) in [5.41, 5.74) is 0. The van der Waals surface area contributed by atoms with E-state index in [1.807, 2.05) is 6.92 Å². The number of rotatable bonds is 6. The van der Waals surface area contributed by atoms with Crippen LogP contribution >= 0.6 is 0 Å². The molecule has 0 atom stereocenters. The standard InChI is InChI=1S/C7H14O2.C5H10O2/c1-6(2)4-5-9-7(3)8;1-2-3-4-5(6)7/h6H,4-5H2,1-3H3;2-4H2,1H3,(H,6,7). The Morgan fingerprint density at radius 2 is 1.88 bits per heavy atom. The normalized spacial score (nSPS) is 9.31. The van der Waals surface area contributed by atoms with E-state index in [-0.39, 0.29) is 5.97 Å². The predicted molar refractivity (Wildman–Crippen MR) is 63.2 cm³/mol. The van der Waals surface area contributed by atoms with Crippen LogP contribution in [0.1, 0.15) is 53.4 Å². The van der Waals surface area contributed by atoms with Crippen LogP contribution in [-0.2, 0) is 14.3 Å². The Bertz CT molecular complexity index is 187. The lowest BCUT2D eigenvalue weighted by Gasteiger charge is -2.02. The van der Waals surface area contributed by atoms with E-state index < -0.39 is 5.97 Å². The van der Waals surface area contributed by atoms with Crippen molar-refractivity contribution in [3.63, 3.8) is 0 Å². The molecule has 0 aromatic heterocycles. The first-order valence-electron chi connectivity index (χ1n) is 5.75. The zero-order valence-corrected chi connectivity index (χ0v) is 10.8. The average Bonchev–Trinajstić information content (AvgIpc) is 2.14.